The Balaban J connectivity index is 2.42. The Labute approximate surface area is 121 Å². The molecule has 0 bridgehead atoms. The molecular weight excluding hydrogens is 368 g/mol. The van der Waals surface area contributed by atoms with Gasteiger partial charge in [0, 0.05) is 14.9 Å². The van der Waals surface area contributed by atoms with Gasteiger partial charge in [0.25, 0.3) is 0 Å². The summed E-state index contributed by atoms with van der Waals surface area (Å²) in [7, 11) is 1.60. The fourth-order valence-corrected chi connectivity index (χ4v) is 3.36. The third kappa shape index (κ3) is 2.91. The minimum atomic E-state index is -0.668. The molecular formula is C12H10Br2O2S. The summed E-state index contributed by atoms with van der Waals surface area (Å²) in [6.07, 6.45) is -0.668. The number of rotatable bonds is 3. The zero-order valence-electron chi connectivity index (χ0n) is 8.98. The smallest absolute Gasteiger partial charge is 0.125 e. The standard InChI is InChI=1S/C12H10Br2O2S/c1-16-9-3-2-7(13)6-8(9)12(15)10-4-5-11(14)17-10/h2-6,12,15H,1H3. The van der Waals surface area contributed by atoms with Crippen molar-refractivity contribution >= 4 is 43.2 Å². The Morgan fingerprint density at radius 3 is 2.59 bits per heavy atom. The summed E-state index contributed by atoms with van der Waals surface area (Å²) in [6, 6.07) is 9.43. The molecule has 1 unspecified atom stereocenters. The predicted molar refractivity (Wildman–Crippen MR) is 76.8 cm³/mol. The number of halogens is 2. The lowest BCUT2D eigenvalue weighted by atomic mass is 10.1. The average molecular weight is 378 g/mol. The molecule has 2 nitrogen and oxygen atoms in total. The fourth-order valence-electron chi connectivity index (χ4n) is 1.55. The summed E-state index contributed by atoms with van der Waals surface area (Å²) in [6.45, 7) is 0. The van der Waals surface area contributed by atoms with E-state index in [0.29, 0.717) is 5.75 Å². The molecule has 0 aliphatic rings. The Kier molecular flexibility index (Phi) is 4.25. The van der Waals surface area contributed by atoms with Crippen LogP contribution < -0.4 is 4.74 Å². The van der Waals surface area contributed by atoms with Crippen LogP contribution in [0, 0.1) is 0 Å². The van der Waals surface area contributed by atoms with Gasteiger partial charge >= 0.3 is 0 Å². The molecule has 1 N–H and O–H groups in total. The Morgan fingerprint density at radius 2 is 2.00 bits per heavy atom. The monoisotopic (exact) mass is 376 g/mol. The molecule has 0 aliphatic carbocycles. The number of methoxy groups -OCH3 is 1. The van der Waals surface area contributed by atoms with Crippen LogP contribution in [0.3, 0.4) is 0 Å². The minimum absolute atomic E-state index is 0.668. The van der Waals surface area contributed by atoms with E-state index in [4.69, 9.17) is 4.74 Å². The number of hydrogen-bond acceptors (Lipinski definition) is 3. The summed E-state index contributed by atoms with van der Waals surface area (Å²) in [5.74, 6) is 0.685. The van der Waals surface area contributed by atoms with Gasteiger partial charge in [0.05, 0.1) is 10.9 Å². The lowest BCUT2D eigenvalue weighted by Crippen LogP contribution is -2.00. The van der Waals surface area contributed by atoms with E-state index in [1.54, 1.807) is 7.11 Å². The van der Waals surface area contributed by atoms with Gasteiger partial charge in [-0.3, -0.25) is 0 Å². The van der Waals surface area contributed by atoms with Crippen molar-refractivity contribution in [3.8, 4) is 5.75 Å². The van der Waals surface area contributed by atoms with E-state index in [9.17, 15) is 5.11 Å². The van der Waals surface area contributed by atoms with E-state index >= 15 is 0 Å². The molecule has 90 valence electrons. The SMILES string of the molecule is COc1ccc(Br)cc1C(O)c1ccc(Br)s1. The molecule has 0 spiro atoms. The molecule has 1 heterocycles. The van der Waals surface area contributed by atoms with Crippen LogP contribution in [0.15, 0.2) is 38.6 Å². The van der Waals surface area contributed by atoms with E-state index in [0.717, 1.165) is 18.7 Å². The molecule has 1 atom stereocenters. The van der Waals surface area contributed by atoms with Crippen LogP contribution in [0.5, 0.6) is 5.75 Å². The van der Waals surface area contributed by atoms with Crippen molar-refractivity contribution < 1.29 is 9.84 Å². The van der Waals surface area contributed by atoms with Gasteiger partial charge in [-0.15, -0.1) is 11.3 Å². The first kappa shape index (κ1) is 13.1. The number of benzene rings is 1. The van der Waals surface area contributed by atoms with E-state index in [-0.39, 0.29) is 0 Å². The lowest BCUT2D eigenvalue weighted by molar-refractivity contribution is 0.218. The van der Waals surface area contributed by atoms with Crippen molar-refractivity contribution in [1.29, 1.82) is 0 Å². The molecule has 2 rings (SSSR count). The molecule has 5 heteroatoms. The maximum Gasteiger partial charge on any atom is 0.125 e. The minimum Gasteiger partial charge on any atom is -0.496 e. The Morgan fingerprint density at radius 1 is 1.24 bits per heavy atom. The summed E-state index contributed by atoms with van der Waals surface area (Å²) >= 11 is 8.30. The van der Waals surface area contributed by atoms with Crippen LogP contribution in [0.4, 0.5) is 0 Å². The molecule has 0 aliphatic heterocycles. The summed E-state index contributed by atoms with van der Waals surface area (Å²) in [4.78, 5) is 0.883. The highest BCUT2D eigenvalue weighted by Crippen LogP contribution is 2.36. The predicted octanol–water partition coefficient (Wildman–Crippen LogP) is 4.36. The molecule has 0 saturated carbocycles. The average Bonchev–Trinajstić information content (AvgIpc) is 2.75. The highest BCUT2D eigenvalue weighted by Gasteiger charge is 2.17. The molecule has 17 heavy (non-hydrogen) atoms. The number of aliphatic hydroxyl groups is 1. The summed E-state index contributed by atoms with van der Waals surface area (Å²) < 4.78 is 7.18. The summed E-state index contributed by atoms with van der Waals surface area (Å²) in [5.41, 5.74) is 0.760. The van der Waals surface area contributed by atoms with Gasteiger partial charge in [0.2, 0.25) is 0 Å². The Bertz CT molecular complexity index is 525. The molecule has 1 aromatic heterocycles. The van der Waals surface area contributed by atoms with Crippen LogP contribution in [-0.4, -0.2) is 12.2 Å². The highest BCUT2D eigenvalue weighted by atomic mass is 79.9. The Hall–Kier alpha value is -0.360. The van der Waals surface area contributed by atoms with Crippen LogP contribution in [-0.2, 0) is 0 Å². The van der Waals surface area contributed by atoms with Gasteiger partial charge in [-0.1, -0.05) is 15.9 Å². The van der Waals surface area contributed by atoms with E-state index in [2.05, 4.69) is 31.9 Å². The maximum absolute atomic E-state index is 10.3. The van der Waals surface area contributed by atoms with E-state index < -0.39 is 6.10 Å². The van der Waals surface area contributed by atoms with Crippen molar-refractivity contribution in [2.75, 3.05) is 7.11 Å². The second kappa shape index (κ2) is 5.52. The maximum atomic E-state index is 10.3. The van der Waals surface area contributed by atoms with Gasteiger partial charge < -0.3 is 9.84 Å². The van der Waals surface area contributed by atoms with Gasteiger partial charge in [0.15, 0.2) is 0 Å². The first-order chi connectivity index (χ1) is 8.11. The molecule has 0 saturated heterocycles. The van der Waals surface area contributed by atoms with Crippen molar-refractivity contribution in [2.45, 2.75) is 6.10 Å². The van der Waals surface area contributed by atoms with Crippen molar-refractivity contribution in [2.24, 2.45) is 0 Å². The first-order valence-electron chi connectivity index (χ1n) is 4.88. The van der Waals surface area contributed by atoms with Gasteiger partial charge in [-0.05, 0) is 46.3 Å². The van der Waals surface area contributed by atoms with Gasteiger partial charge in [-0.2, -0.15) is 0 Å². The molecule has 2 aromatic rings. The van der Waals surface area contributed by atoms with Crippen LogP contribution in [0.1, 0.15) is 16.5 Å². The molecule has 0 radical (unpaired) electrons. The van der Waals surface area contributed by atoms with Crippen molar-refractivity contribution in [3.63, 3.8) is 0 Å². The normalized spacial score (nSPS) is 12.5. The zero-order valence-corrected chi connectivity index (χ0v) is 13.0. The second-order valence-corrected chi connectivity index (χ2v) is 6.84. The van der Waals surface area contributed by atoms with Crippen molar-refractivity contribution in [3.05, 3.63) is 49.0 Å². The lowest BCUT2D eigenvalue weighted by Gasteiger charge is -2.13. The number of hydrogen-bond donors (Lipinski definition) is 1. The fraction of sp³-hybridized carbons (Fsp3) is 0.167. The highest BCUT2D eigenvalue weighted by molar-refractivity contribution is 9.11. The third-order valence-corrected chi connectivity index (χ3v) is 4.52. The third-order valence-electron chi connectivity index (χ3n) is 2.35. The molecule has 1 aromatic carbocycles. The van der Waals surface area contributed by atoms with E-state index in [1.165, 1.54) is 11.3 Å². The first-order valence-corrected chi connectivity index (χ1v) is 7.29. The zero-order chi connectivity index (χ0) is 12.4. The molecule has 0 fully saturated rings. The van der Waals surface area contributed by atoms with Gasteiger partial charge in [-0.25, -0.2) is 0 Å². The van der Waals surface area contributed by atoms with Crippen LogP contribution >= 0.6 is 43.2 Å². The van der Waals surface area contributed by atoms with E-state index in [1.807, 2.05) is 30.3 Å². The molecule has 0 amide bonds. The quantitative estimate of drug-likeness (QED) is 0.860. The van der Waals surface area contributed by atoms with Crippen LogP contribution in [0.2, 0.25) is 0 Å². The number of aliphatic hydroxyl groups excluding tert-OH is 1. The second-order valence-electron chi connectivity index (χ2n) is 3.43. The topological polar surface area (TPSA) is 29.5 Å². The van der Waals surface area contributed by atoms with Gasteiger partial charge in [0.1, 0.15) is 11.9 Å². The van der Waals surface area contributed by atoms with Crippen molar-refractivity contribution in [1.82, 2.24) is 0 Å². The number of ether oxygens (including phenoxy) is 1. The van der Waals surface area contributed by atoms with Crippen LogP contribution in [0.25, 0.3) is 0 Å². The summed E-state index contributed by atoms with van der Waals surface area (Å²) in [5, 5.41) is 10.3. The largest absolute Gasteiger partial charge is 0.496 e. The number of thiophene rings is 1.